The van der Waals surface area contributed by atoms with Crippen LogP contribution in [-0.4, -0.2) is 11.5 Å². The summed E-state index contributed by atoms with van der Waals surface area (Å²) in [5.74, 6) is 0. The quantitative estimate of drug-likeness (QED) is 0.548. The van der Waals surface area contributed by atoms with Gasteiger partial charge in [0.25, 0.3) is 0 Å². The predicted molar refractivity (Wildman–Crippen MR) is 39.3 cm³/mol. The first-order valence-corrected chi connectivity index (χ1v) is 3.90. The molecule has 2 unspecified atom stereocenters. The van der Waals surface area contributed by atoms with Crippen LogP contribution in [0.2, 0.25) is 0 Å². The van der Waals surface area contributed by atoms with Gasteiger partial charge in [0.05, 0.1) is 6.10 Å². The van der Waals surface area contributed by atoms with Crippen molar-refractivity contribution in [3.05, 3.63) is 0 Å². The molecule has 0 aliphatic rings. The number of halogens is 1. The van der Waals surface area contributed by atoms with Gasteiger partial charge in [-0.05, 0) is 19.8 Å². The van der Waals surface area contributed by atoms with Crippen LogP contribution in [-0.2, 0) is 5.11 Å². The van der Waals surface area contributed by atoms with Gasteiger partial charge in [-0.3, -0.25) is 0 Å². The minimum Gasteiger partial charge on any atom is -0.233 e. The van der Waals surface area contributed by atoms with Crippen LogP contribution in [0.15, 0.2) is 0 Å². The Morgan fingerprint density at radius 2 is 2.11 bits per heavy atom. The van der Waals surface area contributed by atoms with E-state index >= 15 is 0 Å². The molecule has 0 aliphatic carbocycles. The maximum Gasteiger partial charge on any atom is 0.0944 e. The fraction of sp³-hybridized carbons (Fsp3) is 1.00. The predicted octanol–water partition coefficient (Wildman–Crippen LogP) is 2.60. The molecule has 2 atom stereocenters. The molecule has 1 radical (unpaired) electrons. The molecule has 0 amide bonds. The van der Waals surface area contributed by atoms with Gasteiger partial charge in [-0.1, -0.05) is 13.3 Å². The van der Waals surface area contributed by atoms with Crippen LogP contribution in [0.25, 0.3) is 0 Å². The van der Waals surface area contributed by atoms with E-state index in [2.05, 4.69) is 0 Å². The number of hydrogen-bond acceptors (Lipinski definition) is 0. The van der Waals surface area contributed by atoms with Gasteiger partial charge in [0.15, 0.2) is 0 Å². The lowest BCUT2D eigenvalue weighted by molar-refractivity contribution is 0.0733. The van der Waals surface area contributed by atoms with E-state index in [1.54, 1.807) is 0 Å². The van der Waals surface area contributed by atoms with Crippen molar-refractivity contribution in [2.24, 2.45) is 0 Å². The molecule has 0 N–H and O–H groups in total. The molecular weight excluding hydrogens is 136 g/mol. The molecule has 0 heterocycles. The van der Waals surface area contributed by atoms with Gasteiger partial charge in [-0.25, -0.2) is 5.11 Å². The van der Waals surface area contributed by atoms with Crippen LogP contribution < -0.4 is 0 Å². The monoisotopic (exact) mass is 149 g/mol. The van der Waals surface area contributed by atoms with Crippen molar-refractivity contribution in [1.82, 2.24) is 0 Å². The molecule has 0 aromatic carbocycles. The molecule has 0 bridgehead atoms. The molecule has 0 aromatic heterocycles. The molecule has 0 aliphatic heterocycles. The van der Waals surface area contributed by atoms with Crippen molar-refractivity contribution in [2.45, 2.75) is 44.6 Å². The maximum atomic E-state index is 10.9. The minimum absolute atomic E-state index is 0.0408. The Kier molecular flexibility index (Phi) is 5.21. The summed E-state index contributed by atoms with van der Waals surface area (Å²) in [7, 11) is 0. The third-order valence-electron chi connectivity index (χ3n) is 1.20. The molecule has 2 heteroatoms. The molecule has 0 fully saturated rings. The van der Waals surface area contributed by atoms with E-state index in [4.69, 9.17) is 11.6 Å². The Hall–Kier alpha value is 0.250. The fourth-order valence-corrected chi connectivity index (χ4v) is 1.00. The highest BCUT2D eigenvalue weighted by Gasteiger charge is 2.07. The molecule has 0 rings (SSSR count). The molecule has 0 aromatic rings. The van der Waals surface area contributed by atoms with Gasteiger partial charge >= 0.3 is 0 Å². The highest BCUT2D eigenvalue weighted by atomic mass is 35.5. The lowest BCUT2D eigenvalue weighted by Crippen LogP contribution is -2.08. The smallest absolute Gasteiger partial charge is 0.0944 e. The normalized spacial score (nSPS) is 17.3. The van der Waals surface area contributed by atoms with E-state index in [-0.39, 0.29) is 5.38 Å². The van der Waals surface area contributed by atoms with Crippen molar-refractivity contribution in [3.8, 4) is 0 Å². The third-order valence-corrected chi connectivity index (χ3v) is 1.38. The number of rotatable bonds is 4. The summed E-state index contributed by atoms with van der Waals surface area (Å²) in [6.45, 7) is 3.88. The lowest BCUT2D eigenvalue weighted by atomic mass is 10.1. The number of alkyl halides is 1. The zero-order chi connectivity index (χ0) is 7.28. The first-order chi connectivity index (χ1) is 4.16. The zero-order valence-electron chi connectivity index (χ0n) is 6.06. The van der Waals surface area contributed by atoms with Crippen molar-refractivity contribution < 1.29 is 5.11 Å². The Balaban J connectivity index is 3.15. The van der Waals surface area contributed by atoms with Gasteiger partial charge < -0.3 is 0 Å². The van der Waals surface area contributed by atoms with Gasteiger partial charge in [0, 0.05) is 5.38 Å². The second kappa shape index (κ2) is 5.07. The summed E-state index contributed by atoms with van der Waals surface area (Å²) >= 11 is 5.61. The minimum atomic E-state index is -0.442. The van der Waals surface area contributed by atoms with E-state index < -0.39 is 6.10 Å². The SMILES string of the molecule is CCCC([O])CC(C)Cl. The largest absolute Gasteiger partial charge is 0.233 e. The van der Waals surface area contributed by atoms with Gasteiger partial charge in [-0.2, -0.15) is 0 Å². The second-order valence-corrected chi connectivity index (χ2v) is 3.17. The lowest BCUT2D eigenvalue weighted by Gasteiger charge is -2.06. The second-order valence-electron chi connectivity index (χ2n) is 2.43. The summed E-state index contributed by atoms with van der Waals surface area (Å²) in [5.41, 5.74) is 0. The van der Waals surface area contributed by atoms with E-state index in [9.17, 15) is 5.11 Å². The molecular formula is C7H14ClO. The molecule has 9 heavy (non-hydrogen) atoms. The Labute approximate surface area is 62.0 Å². The van der Waals surface area contributed by atoms with Crippen LogP contribution in [0.5, 0.6) is 0 Å². The van der Waals surface area contributed by atoms with E-state index in [1.165, 1.54) is 0 Å². The van der Waals surface area contributed by atoms with Crippen LogP contribution >= 0.6 is 11.6 Å². The van der Waals surface area contributed by atoms with Crippen molar-refractivity contribution in [1.29, 1.82) is 0 Å². The molecule has 1 nitrogen and oxygen atoms in total. The summed E-state index contributed by atoms with van der Waals surface area (Å²) in [6.07, 6.45) is 1.90. The standard InChI is InChI=1S/C7H14ClO/c1-3-4-7(9)5-6(2)8/h6-7H,3-5H2,1-2H3. The van der Waals surface area contributed by atoms with Crippen molar-refractivity contribution >= 4 is 11.6 Å². The Bertz CT molecular complexity index is 63.9. The Morgan fingerprint density at radius 1 is 1.56 bits per heavy atom. The van der Waals surface area contributed by atoms with Crippen LogP contribution in [0.3, 0.4) is 0 Å². The zero-order valence-corrected chi connectivity index (χ0v) is 6.82. The summed E-state index contributed by atoms with van der Waals surface area (Å²) in [4.78, 5) is 0. The van der Waals surface area contributed by atoms with E-state index in [0.29, 0.717) is 6.42 Å². The first kappa shape index (κ1) is 9.25. The number of hydrogen-bond donors (Lipinski definition) is 0. The third kappa shape index (κ3) is 6.13. The first-order valence-electron chi connectivity index (χ1n) is 3.46. The Morgan fingerprint density at radius 3 is 2.44 bits per heavy atom. The van der Waals surface area contributed by atoms with Gasteiger partial charge in [0.2, 0.25) is 0 Å². The molecule has 0 saturated carbocycles. The highest BCUT2D eigenvalue weighted by molar-refractivity contribution is 6.20. The molecule has 55 valence electrons. The van der Waals surface area contributed by atoms with Crippen LogP contribution in [0.4, 0.5) is 0 Å². The van der Waals surface area contributed by atoms with Crippen molar-refractivity contribution in [2.75, 3.05) is 0 Å². The molecule has 0 saturated heterocycles. The topological polar surface area (TPSA) is 19.9 Å². The average molecular weight is 150 g/mol. The maximum absolute atomic E-state index is 10.9. The van der Waals surface area contributed by atoms with E-state index in [0.717, 1.165) is 12.8 Å². The summed E-state index contributed by atoms with van der Waals surface area (Å²) in [6, 6.07) is 0. The van der Waals surface area contributed by atoms with Crippen LogP contribution in [0, 0.1) is 0 Å². The summed E-state index contributed by atoms with van der Waals surface area (Å²) in [5, 5.41) is 10.9. The van der Waals surface area contributed by atoms with Gasteiger partial charge in [0.1, 0.15) is 0 Å². The van der Waals surface area contributed by atoms with Crippen LogP contribution in [0.1, 0.15) is 33.1 Å². The average Bonchev–Trinajstić information content (AvgIpc) is 1.63. The summed E-state index contributed by atoms with van der Waals surface area (Å²) < 4.78 is 0. The van der Waals surface area contributed by atoms with E-state index in [1.807, 2.05) is 13.8 Å². The van der Waals surface area contributed by atoms with Crippen molar-refractivity contribution in [3.63, 3.8) is 0 Å². The highest BCUT2D eigenvalue weighted by Crippen LogP contribution is 2.08. The fourth-order valence-electron chi connectivity index (χ4n) is 0.802. The van der Waals surface area contributed by atoms with Gasteiger partial charge in [-0.15, -0.1) is 11.6 Å². The molecule has 0 spiro atoms.